The summed E-state index contributed by atoms with van der Waals surface area (Å²) in [5.74, 6) is -1.17. The second-order valence-electron chi connectivity index (χ2n) is 8.19. The van der Waals surface area contributed by atoms with Crippen LogP contribution in [0.3, 0.4) is 0 Å². The van der Waals surface area contributed by atoms with Crippen LogP contribution in [0.25, 0.3) is 0 Å². The molecule has 2 aromatic carbocycles. The molecule has 0 aromatic heterocycles. The van der Waals surface area contributed by atoms with E-state index < -0.39 is 23.7 Å². The summed E-state index contributed by atoms with van der Waals surface area (Å²) in [5, 5.41) is 5.69. The first-order valence-corrected chi connectivity index (χ1v) is 10.7. The number of nitrogens with zero attached hydrogens (tertiary/aromatic N) is 1. The zero-order valence-corrected chi connectivity index (χ0v) is 18.6. The first-order valence-electron chi connectivity index (χ1n) is 10.7. The Balaban J connectivity index is 1.57. The number of carbonyl (C=O) groups is 2. The molecule has 0 bridgehead atoms. The van der Waals surface area contributed by atoms with E-state index in [4.69, 9.17) is 4.74 Å². The summed E-state index contributed by atoms with van der Waals surface area (Å²) in [6.45, 7) is 4.28. The minimum Gasteiger partial charge on any atom is -0.495 e. The van der Waals surface area contributed by atoms with Crippen LogP contribution in [0.1, 0.15) is 30.9 Å². The minimum atomic E-state index is -0.631. The molecule has 0 saturated carbocycles. The van der Waals surface area contributed by atoms with Crippen molar-refractivity contribution in [3.63, 3.8) is 0 Å². The number of benzene rings is 2. The van der Waals surface area contributed by atoms with Crippen molar-refractivity contribution in [2.45, 2.75) is 45.2 Å². The van der Waals surface area contributed by atoms with Crippen LogP contribution in [0.4, 0.5) is 14.5 Å². The molecular formula is C24H29F2N3O3. The van der Waals surface area contributed by atoms with Crippen molar-refractivity contribution in [2.75, 3.05) is 25.5 Å². The number of ether oxygens (including phenoxy) is 1. The van der Waals surface area contributed by atoms with Crippen LogP contribution < -0.4 is 15.4 Å². The SMILES string of the molecule is COc1ccc(C)cc1NC(=O)C1CCCN1CC(=O)NC(C)Cc1c(F)cccc1F. The highest BCUT2D eigenvalue weighted by Gasteiger charge is 2.32. The summed E-state index contributed by atoms with van der Waals surface area (Å²) in [7, 11) is 1.54. The lowest BCUT2D eigenvalue weighted by atomic mass is 10.1. The summed E-state index contributed by atoms with van der Waals surface area (Å²) in [6, 6.07) is 8.34. The zero-order valence-electron chi connectivity index (χ0n) is 18.6. The van der Waals surface area contributed by atoms with Crippen LogP contribution in [-0.2, 0) is 16.0 Å². The first kappa shape index (κ1) is 23.7. The Morgan fingerprint density at radius 2 is 1.94 bits per heavy atom. The van der Waals surface area contributed by atoms with Crippen LogP contribution in [0.2, 0.25) is 0 Å². The molecule has 0 spiro atoms. The fourth-order valence-electron chi connectivity index (χ4n) is 4.04. The van der Waals surface area contributed by atoms with Gasteiger partial charge >= 0.3 is 0 Å². The molecule has 1 heterocycles. The van der Waals surface area contributed by atoms with E-state index in [1.807, 2.05) is 24.0 Å². The Morgan fingerprint density at radius 3 is 2.62 bits per heavy atom. The van der Waals surface area contributed by atoms with Crippen molar-refractivity contribution in [1.29, 1.82) is 0 Å². The number of hydrogen-bond acceptors (Lipinski definition) is 4. The van der Waals surface area contributed by atoms with Crippen molar-refractivity contribution in [3.05, 3.63) is 59.2 Å². The van der Waals surface area contributed by atoms with Gasteiger partial charge in [0.05, 0.1) is 25.4 Å². The maximum atomic E-state index is 13.9. The number of methoxy groups -OCH3 is 1. The van der Waals surface area contributed by atoms with E-state index in [9.17, 15) is 18.4 Å². The van der Waals surface area contributed by atoms with E-state index in [-0.39, 0.29) is 30.3 Å². The molecule has 1 aliphatic heterocycles. The predicted molar refractivity (Wildman–Crippen MR) is 119 cm³/mol. The highest BCUT2D eigenvalue weighted by molar-refractivity contribution is 5.96. The van der Waals surface area contributed by atoms with Gasteiger partial charge in [-0.1, -0.05) is 12.1 Å². The molecule has 32 heavy (non-hydrogen) atoms. The number of anilines is 1. The van der Waals surface area contributed by atoms with Gasteiger partial charge in [0, 0.05) is 11.6 Å². The monoisotopic (exact) mass is 445 g/mol. The maximum Gasteiger partial charge on any atom is 0.241 e. The lowest BCUT2D eigenvalue weighted by molar-refractivity contribution is -0.125. The van der Waals surface area contributed by atoms with Crippen LogP contribution in [0.5, 0.6) is 5.75 Å². The number of hydrogen-bond donors (Lipinski definition) is 2. The van der Waals surface area contributed by atoms with Gasteiger partial charge in [-0.3, -0.25) is 14.5 Å². The number of aryl methyl sites for hydroxylation is 1. The largest absolute Gasteiger partial charge is 0.495 e. The third kappa shape index (κ3) is 5.82. The molecule has 8 heteroatoms. The quantitative estimate of drug-likeness (QED) is 0.653. The van der Waals surface area contributed by atoms with Gasteiger partial charge in [0.1, 0.15) is 17.4 Å². The fraction of sp³-hybridized carbons (Fsp3) is 0.417. The Bertz CT molecular complexity index is 963. The molecule has 2 N–H and O–H groups in total. The summed E-state index contributed by atoms with van der Waals surface area (Å²) in [5.41, 5.74) is 1.53. The lowest BCUT2D eigenvalue weighted by Gasteiger charge is -2.24. The van der Waals surface area contributed by atoms with Gasteiger partial charge in [0.25, 0.3) is 0 Å². The highest BCUT2D eigenvalue weighted by Crippen LogP contribution is 2.27. The van der Waals surface area contributed by atoms with Gasteiger partial charge in [0.15, 0.2) is 0 Å². The third-order valence-electron chi connectivity index (χ3n) is 5.61. The Hall–Kier alpha value is -3.00. The van der Waals surface area contributed by atoms with Crippen LogP contribution in [0.15, 0.2) is 36.4 Å². The molecule has 1 aliphatic rings. The van der Waals surface area contributed by atoms with Crippen molar-refractivity contribution in [2.24, 2.45) is 0 Å². The Morgan fingerprint density at radius 1 is 1.22 bits per heavy atom. The van der Waals surface area contributed by atoms with E-state index in [0.717, 1.165) is 12.0 Å². The normalized spacial score (nSPS) is 17.1. The number of carbonyl (C=O) groups excluding carboxylic acids is 2. The minimum absolute atomic E-state index is 0.0349. The topological polar surface area (TPSA) is 70.7 Å². The van der Waals surface area contributed by atoms with Gasteiger partial charge in [-0.2, -0.15) is 0 Å². The number of halogens is 2. The summed E-state index contributed by atoms with van der Waals surface area (Å²) < 4.78 is 33.0. The van der Waals surface area contributed by atoms with Crippen LogP contribution in [-0.4, -0.2) is 49.0 Å². The Labute approximate surface area is 186 Å². The van der Waals surface area contributed by atoms with Gasteiger partial charge in [-0.05, 0) is 69.5 Å². The second-order valence-corrected chi connectivity index (χ2v) is 8.19. The maximum absolute atomic E-state index is 13.9. The molecule has 3 rings (SSSR count). The van der Waals surface area contributed by atoms with E-state index in [1.54, 1.807) is 20.1 Å². The number of likely N-dealkylation sites (tertiary alicyclic amines) is 1. The standard InChI is InChI=1S/C24H29F2N3O3/c1-15-9-10-22(32-3)20(12-15)28-24(31)21-8-5-11-29(21)14-23(30)27-16(2)13-17-18(25)6-4-7-19(17)26/h4,6-7,9-10,12,16,21H,5,8,11,13-14H2,1-3H3,(H,27,30)(H,28,31). The van der Waals surface area contributed by atoms with Crippen molar-refractivity contribution >= 4 is 17.5 Å². The molecule has 0 radical (unpaired) electrons. The molecule has 172 valence electrons. The number of rotatable bonds is 8. The lowest BCUT2D eigenvalue weighted by Crippen LogP contribution is -2.46. The molecule has 6 nitrogen and oxygen atoms in total. The van der Waals surface area contributed by atoms with Crippen molar-refractivity contribution in [3.8, 4) is 5.75 Å². The molecule has 1 saturated heterocycles. The van der Waals surface area contributed by atoms with Gasteiger partial charge in [-0.15, -0.1) is 0 Å². The Kier molecular flexibility index (Phi) is 7.80. The zero-order chi connectivity index (χ0) is 23.3. The summed E-state index contributed by atoms with van der Waals surface area (Å²) >= 11 is 0. The van der Waals surface area contributed by atoms with E-state index in [0.29, 0.717) is 24.4 Å². The highest BCUT2D eigenvalue weighted by atomic mass is 19.1. The van der Waals surface area contributed by atoms with E-state index >= 15 is 0 Å². The average molecular weight is 446 g/mol. The number of nitrogens with one attached hydrogen (secondary N) is 2. The molecule has 1 fully saturated rings. The molecule has 2 aromatic rings. The first-order chi connectivity index (χ1) is 15.3. The molecule has 0 aliphatic carbocycles. The smallest absolute Gasteiger partial charge is 0.241 e. The molecule has 2 amide bonds. The molecule has 2 unspecified atom stereocenters. The van der Waals surface area contributed by atoms with Gasteiger partial charge in [-0.25, -0.2) is 8.78 Å². The number of amides is 2. The van der Waals surface area contributed by atoms with Gasteiger partial charge < -0.3 is 15.4 Å². The summed E-state index contributed by atoms with van der Waals surface area (Å²) in [6.07, 6.45) is 1.48. The second kappa shape index (κ2) is 10.5. The van der Waals surface area contributed by atoms with E-state index in [2.05, 4.69) is 10.6 Å². The van der Waals surface area contributed by atoms with Gasteiger partial charge in [0.2, 0.25) is 11.8 Å². The third-order valence-corrected chi connectivity index (χ3v) is 5.61. The fourth-order valence-corrected chi connectivity index (χ4v) is 4.04. The predicted octanol–water partition coefficient (Wildman–Crippen LogP) is 3.43. The average Bonchev–Trinajstić information content (AvgIpc) is 3.19. The van der Waals surface area contributed by atoms with Crippen LogP contribution in [0, 0.1) is 18.6 Å². The van der Waals surface area contributed by atoms with Crippen LogP contribution >= 0.6 is 0 Å². The van der Waals surface area contributed by atoms with Crippen molar-refractivity contribution < 1.29 is 23.1 Å². The van der Waals surface area contributed by atoms with Crippen molar-refractivity contribution in [1.82, 2.24) is 10.2 Å². The molecular weight excluding hydrogens is 416 g/mol. The molecule has 2 atom stereocenters. The van der Waals surface area contributed by atoms with E-state index in [1.165, 1.54) is 18.2 Å². The summed E-state index contributed by atoms with van der Waals surface area (Å²) in [4.78, 5) is 27.3.